The molecule has 3 aromatic rings. The standard InChI is InChI=1S/C20H21ClN6O4S/c1-11-5-3-6-13(21)18(11)26-19(29)14-10-22-20(32-14)25-15-9-17(24-12(2)23-15)31-8-4-7-16(28)27-30/h3,5-6,9-10,30H,4,7-8H2,1-2H3,(H,26,29)(H,27,28)(H,22,23,24,25). The van der Waals surface area contributed by atoms with Gasteiger partial charge in [0, 0.05) is 12.5 Å². The smallest absolute Gasteiger partial charge is 0.267 e. The second-order valence-corrected chi connectivity index (χ2v) is 8.10. The number of thiazole rings is 1. The summed E-state index contributed by atoms with van der Waals surface area (Å²) in [5.74, 6) is 0.448. The van der Waals surface area contributed by atoms with Gasteiger partial charge in [-0.3, -0.25) is 14.8 Å². The van der Waals surface area contributed by atoms with Gasteiger partial charge in [0.25, 0.3) is 5.91 Å². The van der Waals surface area contributed by atoms with Crippen LogP contribution < -0.4 is 20.9 Å². The molecule has 0 spiro atoms. The number of carbonyl (C=O) groups is 2. The van der Waals surface area contributed by atoms with Crippen molar-refractivity contribution in [1.82, 2.24) is 20.4 Å². The van der Waals surface area contributed by atoms with Crippen LogP contribution in [0.25, 0.3) is 0 Å². The third-order valence-corrected chi connectivity index (χ3v) is 5.39. The van der Waals surface area contributed by atoms with E-state index >= 15 is 0 Å². The van der Waals surface area contributed by atoms with Gasteiger partial charge >= 0.3 is 0 Å². The van der Waals surface area contributed by atoms with E-state index in [0.717, 1.165) is 16.9 Å². The molecule has 2 aromatic heterocycles. The zero-order valence-corrected chi connectivity index (χ0v) is 18.9. The first-order chi connectivity index (χ1) is 15.4. The molecule has 0 atom stereocenters. The Balaban J connectivity index is 1.62. The SMILES string of the molecule is Cc1nc(Nc2ncc(C(=O)Nc3c(C)cccc3Cl)s2)cc(OCCCC(=O)NO)n1. The van der Waals surface area contributed by atoms with Crippen molar-refractivity contribution in [3.63, 3.8) is 0 Å². The maximum atomic E-state index is 12.6. The summed E-state index contributed by atoms with van der Waals surface area (Å²) in [6.45, 7) is 3.82. The van der Waals surface area contributed by atoms with Gasteiger partial charge < -0.3 is 15.4 Å². The summed E-state index contributed by atoms with van der Waals surface area (Å²) in [4.78, 5) is 36.7. The second-order valence-electron chi connectivity index (χ2n) is 6.67. The maximum Gasteiger partial charge on any atom is 0.267 e. The number of carbonyl (C=O) groups excluding carboxylic acids is 2. The highest BCUT2D eigenvalue weighted by atomic mass is 35.5. The van der Waals surface area contributed by atoms with Crippen molar-refractivity contribution in [1.29, 1.82) is 0 Å². The fraction of sp³-hybridized carbons (Fsp3) is 0.250. The normalized spacial score (nSPS) is 10.5. The summed E-state index contributed by atoms with van der Waals surface area (Å²) in [6.07, 6.45) is 2.00. The van der Waals surface area contributed by atoms with Crippen LogP contribution in [0, 0.1) is 13.8 Å². The highest BCUT2D eigenvalue weighted by molar-refractivity contribution is 7.17. The molecule has 0 saturated carbocycles. The Morgan fingerprint density at radius 3 is 2.81 bits per heavy atom. The van der Waals surface area contributed by atoms with Gasteiger partial charge in [-0.25, -0.2) is 15.4 Å². The predicted molar refractivity (Wildman–Crippen MR) is 121 cm³/mol. The van der Waals surface area contributed by atoms with Crippen LogP contribution in [0.2, 0.25) is 5.02 Å². The number of anilines is 3. The van der Waals surface area contributed by atoms with Crippen LogP contribution >= 0.6 is 22.9 Å². The highest BCUT2D eigenvalue weighted by Gasteiger charge is 2.14. The van der Waals surface area contributed by atoms with Crippen LogP contribution in [-0.2, 0) is 4.79 Å². The lowest BCUT2D eigenvalue weighted by Gasteiger charge is -2.09. The Labute approximate surface area is 193 Å². The van der Waals surface area contributed by atoms with Crippen LogP contribution in [-0.4, -0.2) is 38.6 Å². The zero-order valence-electron chi connectivity index (χ0n) is 17.3. The van der Waals surface area contributed by atoms with Gasteiger partial charge in [-0.15, -0.1) is 0 Å². The number of aryl methyl sites for hydroxylation is 2. The van der Waals surface area contributed by atoms with Gasteiger partial charge in [-0.05, 0) is 31.9 Å². The molecule has 1 aromatic carbocycles. The average molecular weight is 477 g/mol. The molecule has 0 aliphatic heterocycles. The van der Waals surface area contributed by atoms with E-state index in [0.29, 0.717) is 44.7 Å². The van der Waals surface area contributed by atoms with E-state index in [2.05, 4.69) is 25.6 Å². The summed E-state index contributed by atoms with van der Waals surface area (Å²) in [5, 5.41) is 15.3. The number of hydroxylamine groups is 1. The first-order valence-electron chi connectivity index (χ1n) is 9.56. The number of ether oxygens (including phenoxy) is 1. The van der Waals surface area contributed by atoms with Gasteiger partial charge in [-0.2, -0.15) is 4.98 Å². The van der Waals surface area contributed by atoms with Crippen LogP contribution in [0.1, 0.15) is 33.9 Å². The highest BCUT2D eigenvalue weighted by Crippen LogP contribution is 2.28. The van der Waals surface area contributed by atoms with Crippen molar-refractivity contribution < 1.29 is 19.5 Å². The van der Waals surface area contributed by atoms with Crippen LogP contribution in [0.4, 0.5) is 16.6 Å². The molecule has 32 heavy (non-hydrogen) atoms. The van der Waals surface area contributed by atoms with E-state index in [1.807, 2.05) is 19.1 Å². The molecule has 2 amide bonds. The van der Waals surface area contributed by atoms with E-state index in [1.54, 1.807) is 24.5 Å². The molecule has 0 unspecified atom stereocenters. The number of amides is 2. The number of halogens is 1. The lowest BCUT2D eigenvalue weighted by atomic mass is 10.2. The number of nitrogens with one attached hydrogen (secondary N) is 3. The van der Waals surface area contributed by atoms with Gasteiger partial charge in [-0.1, -0.05) is 35.1 Å². The lowest BCUT2D eigenvalue weighted by Crippen LogP contribution is -2.18. The van der Waals surface area contributed by atoms with E-state index in [9.17, 15) is 9.59 Å². The Morgan fingerprint density at radius 1 is 1.25 bits per heavy atom. The fourth-order valence-corrected chi connectivity index (χ4v) is 3.64. The van der Waals surface area contributed by atoms with Gasteiger partial charge in [0.2, 0.25) is 11.8 Å². The number of hydrogen-bond acceptors (Lipinski definition) is 9. The number of benzene rings is 1. The fourth-order valence-electron chi connectivity index (χ4n) is 2.66. The van der Waals surface area contributed by atoms with Crippen molar-refractivity contribution in [2.24, 2.45) is 0 Å². The van der Waals surface area contributed by atoms with E-state index in [4.69, 9.17) is 21.5 Å². The van der Waals surface area contributed by atoms with E-state index in [-0.39, 0.29) is 18.9 Å². The number of aromatic nitrogens is 3. The van der Waals surface area contributed by atoms with Crippen molar-refractivity contribution in [3.05, 3.63) is 51.7 Å². The molecular formula is C20H21ClN6O4S. The molecule has 168 valence electrons. The zero-order chi connectivity index (χ0) is 23.1. The molecule has 0 aliphatic carbocycles. The molecule has 0 bridgehead atoms. The van der Waals surface area contributed by atoms with E-state index < -0.39 is 5.91 Å². The second kappa shape index (κ2) is 10.8. The summed E-state index contributed by atoms with van der Waals surface area (Å²) in [6, 6.07) is 6.98. The van der Waals surface area contributed by atoms with Gasteiger partial charge in [0.05, 0.1) is 23.5 Å². The number of rotatable bonds is 9. The number of hydrogen-bond donors (Lipinski definition) is 4. The minimum absolute atomic E-state index is 0.128. The third kappa shape index (κ3) is 6.36. The summed E-state index contributed by atoms with van der Waals surface area (Å²) in [7, 11) is 0. The topological polar surface area (TPSA) is 138 Å². The van der Waals surface area contributed by atoms with Crippen LogP contribution in [0.3, 0.4) is 0 Å². The number of para-hydroxylation sites is 1. The maximum absolute atomic E-state index is 12.6. The summed E-state index contributed by atoms with van der Waals surface area (Å²) >= 11 is 7.33. The van der Waals surface area contributed by atoms with Crippen molar-refractivity contribution >= 4 is 51.4 Å². The average Bonchev–Trinajstić information content (AvgIpc) is 3.22. The largest absolute Gasteiger partial charge is 0.478 e. The van der Waals surface area contributed by atoms with E-state index in [1.165, 1.54) is 6.20 Å². The molecule has 0 aliphatic rings. The van der Waals surface area contributed by atoms with Crippen molar-refractivity contribution in [3.8, 4) is 5.88 Å². The quantitative estimate of drug-likeness (QED) is 0.207. The summed E-state index contributed by atoms with van der Waals surface area (Å²) in [5.41, 5.74) is 2.99. The Bertz CT molecular complexity index is 1100. The molecule has 0 saturated heterocycles. The molecule has 0 radical (unpaired) electrons. The van der Waals surface area contributed by atoms with Crippen LogP contribution in [0.5, 0.6) is 5.88 Å². The first-order valence-corrected chi connectivity index (χ1v) is 10.8. The molecule has 2 heterocycles. The molecule has 4 N–H and O–H groups in total. The lowest BCUT2D eigenvalue weighted by molar-refractivity contribution is -0.129. The van der Waals surface area contributed by atoms with Crippen molar-refractivity contribution in [2.75, 3.05) is 17.2 Å². The Kier molecular flexibility index (Phi) is 7.92. The van der Waals surface area contributed by atoms with Crippen molar-refractivity contribution in [2.45, 2.75) is 26.7 Å². The number of nitrogens with zero attached hydrogens (tertiary/aromatic N) is 3. The van der Waals surface area contributed by atoms with Gasteiger partial charge in [0.1, 0.15) is 16.5 Å². The monoisotopic (exact) mass is 476 g/mol. The Morgan fingerprint density at radius 2 is 2.06 bits per heavy atom. The molecule has 3 rings (SSSR count). The predicted octanol–water partition coefficient (Wildman–Crippen LogP) is 3.86. The van der Waals surface area contributed by atoms with Crippen LogP contribution in [0.15, 0.2) is 30.5 Å². The third-order valence-electron chi connectivity index (χ3n) is 4.16. The van der Waals surface area contributed by atoms with Gasteiger partial charge in [0.15, 0.2) is 5.13 Å². The molecule has 12 heteroatoms. The Hall–Kier alpha value is -3.28. The minimum atomic E-state index is -0.483. The summed E-state index contributed by atoms with van der Waals surface area (Å²) < 4.78 is 5.55. The minimum Gasteiger partial charge on any atom is -0.478 e. The molecular weight excluding hydrogens is 456 g/mol. The molecule has 10 nitrogen and oxygen atoms in total. The molecule has 0 fully saturated rings. The first kappa shape index (κ1) is 23.4.